The first kappa shape index (κ1) is 16.2. The van der Waals surface area contributed by atoms with Crippen molar-refractivity contribution in [1.29, 1.82) is 0 Å². The van der Waals surface area contributed by atoms with Crippen LogP contribution in [-0.4, -0.2) is 25.8 Å². The Hall–Kier alpha value is -1.69. The molecule has 0 spiro atoms. The van der Waals surface area contributed by atoms with Gasteiger partial charge in [-0.05, 0) is 29.8 Å². The lowest BCUT2D eigenvalue weighted by molar-refractivity contribution is -0.0433. The second kappa shape index (κ2) is 7.25. The molecule has 1 aliphatic heterocycles. The van der Waals surface area contributed by atoms with E-state index in [0.717, 1.165) is 6.54 Å². The third kappa shape index (κ3) is 3.99. The number of nitrogens with one attached hydrogen (secondary N) is 1. The Morgan fingerprint density at radius 2 is 2.00 bits per heavy atom. The lowest BCUT2D eigenvalue weighted by atomic mass is 10.0. The molecule has 1 saturated heterocycles. The maximum atomic E-state index is 13.6. The molecule has 0 aromatic heterocycles. The van der Waals surface area contributed by atoms with Crippen molar-refractivity contribution in [3.63, 3.8) is 0 Å². The molecule has 0 amide bonds. The Kier molecular flexibility index (Phi) is 5.10. The van der Waals surface area contributed by atoms with Crippen LogP contribution in [-0.2, 0) is 4.74 Å². The van der Waals surface area contributed by atoms with Crippen LogP contribution >= 0.6 is 11.6 Å². The van der Waals surface area contributed by atoms with Crippen LogP contribution < -0.4 is 10.1 Å². The molecule has 1 heterocycles. The summed E-state index contributed by atoms with van der Waals surface area (Å²) >= 11 is 6.08. The third-order valence-electron chi connectivity index (χ3n) is 3.62. The average molecular weight is 340 g/mol. The smallest absolute Gasteiger partial charge is 0.151 e. The summed E-state index contributed by atoms with van der Waals surface area (Å²) in [5, 5.41) is 3.49. The molecular weight excluding hydrogens is 324 g/mol. The minimum absolute atomic E-state index is 0.204. The molecule has 3 rings (SSSR count). The van der Waals surface area contributed by atoms with Gasteiger partial charge in [0.1, 0.15) is 23.5 Å². The number of benzene rings is 2. The minimum atomic E-state index is -0.599. The molecule has 2 aromatic carbocycles. The van der Waals surface area contributed by atoms with E-state index >= 15 is 0 Å². The number of hydrogen-bond acceptors (Lipinski definition) is 3. The van der Waals surface area contributed by atoms with Gasteiger partial charge in [-0.25, -0.2) is 8.78 Å². The van der Waals surface area contributed by atoms with E-state index < -0.39 is 11.9 Å². The number of hydrogen-bond donors (Lipinski definition) is 1. The molecule has 0 saturated carbocycles. The summed E-state index contributed by atoms with van der Waals surface area (Å²) in [7, 11) is 0. The molecule has 1 aliphatic rings. The zero-order valence-electron chi connectivity index (χ0n) is 12.3. The predicted molar refractivity (Wildman–Crippen MR) is 83.8 cm³/mol. The monoisotopic (exact) mass is 339 g/mol. The zero-order chi connectivity index (χ0) is 16.2. The Balaban J connectivity index is 1.92. The second-order valence-electron chi connectivity index (χ2n) is 5.28. The van der Waals surface area contributed by atoms with E-state index in [2.05, 4.69) is 5.32 Å². The Labute approximate surface area is 138 Å². The van der Waals surface area contributed by atoms with Gasteiger partial charge in [-0.2, -0.15) is 0 Å². The van der Waals surface area contributed by atoms with Gasteiger partial charge in [0.25, 0.3) is 0 Å². The number of rotatable bonds is 4. The first-order valence-electron chi connectivity index (χ1n) is 7.33. The van der Waals surface area contributed by atoms with Crippen molar-refractivity contribution in [2.45, 2.75) is 12.2 Å². The van der Waals surface area contributed by atoms with Crippen LogP contribution in [0.15, 0.2) is 42.5 Å². The normalized spacial score (nSPS) is 19.3. The Bertz CT molecular complexity index is 677. The van der Waals surface area contributed by atoms with Crippen molar-refractivity contribution in [3.05, 3.63) is 64.7 Å². The number of ether oxygens (including phenoxy) is 2. The topological polar surface area (TPSA) is 30.5 Å². The molecule has 0 bridgehead atoms. The lowest BCUT2D eigenvalue weighted by Crippen LogP contribution is -2.43. The summed E-state index contributed by atoms with van der Waals surface area (Å²) in [5.41, 5.74) is 0.610. The maximum absolute atomic E-state index is 13.6. The molecule has 6 heteroatoms. The highest BCUT2D eigenvalue weighted by atomic mass is 35.5. The van der Waals surface area contributed by atoms with Crippen LogP contribution in [0.2, 0.25) is 5.02 Å². The SMILES string of the molecule is Fc1cccc([C@H](Oc2cc(F)ccc2Cl)[C@@H]2CNCCO2)c1. The van der Waals surface area contributed by atoms with Gasteiger partial charge < -0.3 is 14.8 Å². The highest BCUT2D eigenvalue weighted by Gasteiger charge is 2.29. The van der Waals surface area contributed by atoms with Crippen LogP contribution in [0.25, 0.3) is 0 Å². The fraction of sp³-hybridized carbons (Fsp3) is 0.294. The van der Waals surface area contributed by atoms with E-state index in [-0.39, 0.29) is 22.7 Å². The standard InChI is InChI=1S/C17H16ClF2NO2/c18-14-5-4-13(20)9-15(14)23-17(16-10-21-6-7-22-16)11-2-1-3-12(19)8-11/h1-5,8-9,16-17,21H,6-7,10H2/t16-,17-/m0/s1. The molecule has 2 aromatic rings. The molecule has 1 fully saturated rings. The summed E-state index contributed by atoms with van der Waals surface area (Å²) < 4.78 is 38.7. The summed E-state index contributed by atoms with van der Waals surface area (Å²) in [6.07, 6.45) is -0.928. The van der Waals surface area contributed by atoms with Gasteiger partial charge in [-0.1, -0.05) is 23.7 Å². The van der Waals surface area contributed by atoms with E-state index in [1.165, 1.54) is 30.3 Å². The highest BCUT2D eigenvalue weighted by Crippen LogP contribution is 2.32. The van der Waals surface area contributed by atoms with Crippen molar-refractivity contribution in [2.75, 3.05) is 19.7 Å². The van der Waals surface area contributed by atoms with Gasteiger partial charge in [-0.3, -0.25) is 0 Å². The summed E-state index contributed by atoms with van der Waals surface area (Å²) in [6, 6.07) is 9.99. The number of halogens is 3. The fourth-order valence-electron chi connectivity index (χ4n) is 2.53. The van der Waals surface area contributed by atoms with Gasteiger partial charge >= 0.3 is 0 Å². The quantitative estimate of drug-likeness (QED) is 0.920. The van der Waals surface area contributed by atoms with Crippen molar-refractivity contribution >= 4 is 11.6 Å². The molecule has 2 atom stereocenters. The van der Waals surface area contributed by atoms with Crippen LogP contribution in [0.5, 0.6) is 5.75 Å². The first-order chi connectivity index (χ1) is 11.1. The van der Waals surface area contributed by atoms with Gasteiger partial charge in [-0.15, -0.1) is 0 Å². The van der Waals surface area contributed by atoms with Crippen molar-refractivity contribution in [1.82, 2.24) is 5.32 Å². The van der Waals surface area contributed by atoms with Gasteiger partial charge in [0.15, 0.2) is 6.10 Å². The maximum Gasteiger partial charge on any atom is 0.151 e. The predicted octanol–water partition coefficient (Wildman–Crippen LogP) is 3.73. The summed E-state index contributed by atoms with van der Waals surface area (Å²) in [6.45, 7) is 1.82. The number of morpholine rings is 1. The van der Waals surface area contributed by atoms with E-state index in [1.54, 1.807) is 12.1 Å². The largest absolute Gasteiger partial charge is 0.481 e. The second-order valence-corrected chi connectivity index (χ2v) is 5.69. The van der Waals surface area contributed by atoms with E-state index in [4.69, 9.17) is 21.1 Å². The minimum Gasteiger partial charge on any atom is -0.481 e. The molecular formula is C17H16ClF2NO2. The molecule has 1 N–H and O–H groups in total. The molecule has 0 aliphatic carbocycles. The summed E-state index contributed by atoms with van der Waals surface area (Å²) in [4.78, 5) is 0. The fourth-order valence-corrected chi connectivity index (χ4v) is 2.69. The Morgan fingerprint density at radius 1 is 1.17 bits per heavy atom. The first-order valence-corrected chi connectivity index (χ1v) is 7.71. The van der Waals surface area contributed by atoms with Gasteiger partial charge in [0.2, 0.25) is 0 Å². The zero-order valence-corrected chi connectivity index (χ0v) is 13.0. The summed E-state index contributed by atoms with van der Waals surface area (Å²) in [5.74, 6) is -0.620. The van der Waals surface area contributed by atoms with Gasteiger partial charge in [0.05, 0.1) is 11.6 Å². The molecule has 23 heavy (non-hydrogen) atoms. The molecule has 3 nitrogen and oxygen atoms in total. The van der Waals surface area contributed by atoms with Crippen LogP contribution in [0, 0.1) is 11.6 Å². The van der Waals surface area contributed by atoms with Crippen LogP contribution in [0.1, 0.15) is 11.7 Å². The lowest BCUT2D eigenvalue weighted by Gasteiger charge is -2.31. The van der Waals surface area contributed by atoms with Crippen LogP contribution in [0.4, 0.5) is 8.78 Å². The average Bonchev–Trinajstić information content (AvgIpc) is 2.56. The van der Waals surface area contributed by atoms with E-state index in [9.17, 15) is 8.78 Å². The van der Waals surface area contributed by atoms with E-state index in [0.29, 0.717) is 18.7 Å². The Morgan fingerprint density at radius 3 is 2.74 bits per heavy atom. The molecule has 122 valence electrons. The molecule has 0 unspecified atom stereocenters. The van der Waals surface area contributed by atoms with Crippen molar-refractivity contribution in [3.8, 4) is 5.75 Å². The van der Waals surface area contributed by atoms with Gasteiger partial charge in [0, 0.05) is 19.2 Å². The van der Waals surface area contributed by atoms with Crippen LogP contribution in [0.3, 0.4) is 0 Å². The van der Waals surface area contributed by atoms with Crippen molar-refractivity contribution in [2.24, 2.45) is 0 Å². The third-order valence-corrected chi connectivity index (χ3v) is 3.93. The van der Waals surface area contributed by atoms with Crippen molar-refractivity contribution < 1.29 is 18.3 Å². The van der Waals surface area contributed by atoms with E-state index in [1.807, 2.05) is 0 Å². The highest BCUT2D eigenvalue weighted by molar-refractivity contribution is 6.32. The molecule has 0 radical (unpaired) electrons.